The predicted octanol–water partition coefficient (Wildman–Crippen LogP) is 6.11. The van der Waals surface area contributed by atoms with E-state index in [9.17, 15) is 8.78 Å². The van der Waals surface area contributed by atoms with Crippen LogP contribution in [0.4, 0.5) is 8.78 Å². The van der Waals surface area contributed by atoms with E-state index in [1.165, 1.54) is 0 Å². The molecule has 5 rings (SSSR count). The van der Waals surface area contributed by atoms with Gasteiger partial charge in [0.25, 0.3) is 0 Å². The fraction of sp³-hybridized carbons (Fsp3) is 0.185. The smallest absolute Gasteiger partial charge is 0.300 e. The summed E-state index contributed by atoms with van der Waals surface area (Å²) in [7, 11) is 0. The number of hydrogen-bond donors (Lipinski definition) is 0. The number of pyridine rings is 2. The Bertz CT molecular complexity index is 1300. The van der Waals surface area contributed by atoms with Crippen molar-refractivity contribution in [1.29, 1.82) is 0 Å². The molecule has 0 unspecified atom stereocenters. The molecule has 1 aliphatic rings. The number of benzene rings is 2. The number of aryl methyl sites for hydroxylation is 2. The van der Waals surface area contributed by atoms with Gasteiger partial charge in [-0.15, -0.1) is 41.5 Å². The first-order chi connectivity index (χ1) is 14.9. The fourth-order valence-electron chi connectivity index (χ4n) is 3.97. The number of aromatic nitrogens is 2. The standard InChI is InChI=1S/C27H20F2N2.Pt/c1-27(2)25-10-4-8-23(30-25)19-7-3-6-17(14-19)12-13-18-15-20(22(29)16-21(18)28)24-9-5-11-26(27)31-24;/h3-11,16H,12-13H2,1-2H3;/q-2;+2. The van der Waals surface area contributed by atoms with Gasteiger partial charge < -0.3 is 9.97 Å². The number of rotatable bonds is 0. The van der Waals surface area contributed by atoms with Crippen LogP contribution in [0, 0.1) is 23.8 Å². The van der Waals surface area contributed by atoms with E-state index in [0.717, 1.165) is 34.3 Å². The Labute approximate surface area is 201 Å². The van der Waals surface area contributed by atoms with Crippen molar-refractivity contribution >= 4 is 0 Å². The predicted molar refractivity (Wildman–Crippen MR) is 116 cm³/mol. The first kappa shape index (κ1) is 22.5. The van der Waals surface area contributed by atoms with Crippen LogP contribution in [-0.2, 0) is 39.3 Å². The number of halogens is 2. The van der Waals surface area contributed by atoms with Crippen LogP contribution in [0.15, 0.2) is 60.7 Å². The van der Waals surface area contributed by atoms with E-state index >= 15 is 0 Å². The maximum atomic E-state index is 14.7. The molecule has 3 heterocycles. The molecule has 32 heavy (non-hydrogen) atoms. The fourth-order valence-corrected chi connectivity index (χ4v) is 3.97. The molecular formula is C27H20F2N2Pt. The van der Waals surface area contributed by atoms with Crippen molar-refractivity contribution in [3.63, 3.8) is 0 Å². The van der Waals surface area contributed by atoms with Gasteiger partial charge in [-0.3, -0.25) is 8.78 Å². The third-order valence-corrected chi connectivity index (χ3v) is 5.87. The van der Waals surface area contributed by atoms with Crippen molar-refractivity contribution in [3.8, 4) is 22.5 Å². The maximum absolute atomic E-state index is 14.7. The summed E-state index contributed by atoms with van der Waals surface area (Å²) in [5.41, 5.74) is 4.69. The minimum Gasteiger partial charge on any atom is -0.300 e. The summed E-state index contributed by atoms with van der Waals surface area (Å²) in [6.45, 7) is 4.08. The van der Waals surface area contributed by atoms with E-state index < -0.39 is 17.0 Å². The molecule has 0 saturated carbocycles. The molecule has 0 amide bonds. The van der Waals surface area contributed by atoms with E-state index in [1.54, 1.807) is 6.07 Å². The minimum absolute atomic E-state index is 0. The van der Waals surface area contributed by atoms with Crippen molar-refractivity contribution in [2.75, 3.05) is 0 Å². The molecule has 0 radical (unpaired) electrons. The second-order valence-corrected chi connectivity index (χ2v) is 8.35. The van der Waals surface area contributed by atoms with Gasteiger partial charge >= 0.3 is 21.1 Å². The van der Waals surface area contributed by atoms with Crippen molar-refractivity contribution < 1.29 is 29.8 Å². The Balaban J connectivity index is 0.00000245. The molecule has 2 nitrogen and oxygen atoms in total. The Kier molecular flexibility index (Phi) is 6.09. The van der Waals surface area contributed by atoms with Gasteiger partial charge in [-0.2, -0.15) is 0 Å². The molecule has 0 aliphatic carbocycles. The topological polar surface area (TPSA) is 25.8 Å². The van der Waals surface area contributed by atoms with E-state index in [-0.39, 0.29) is 26.6 Å². The zero-order chi connectivity index (χ0) is 21.6. The first-order valence-corrected chi connectivity index (χ1v) is 10.3. The van der Waals surface area contributed by atoms with Crippen LogP contribution >= 0.6 is 0 Å². The monoisotopic (exact) mass is 605 g/mol. The van der Waals surface area contributed by atoms with Crippen LogP contribution in [0.5, 0.6) is 0 Å². The van der Waals surface area contributed by atoms with Crippen LogP contribution in [0.3, 0.4) is 0 Å². The van der Waals surface area contributed by atoms with Crippen LogP contribution in [-0.4, -0.2) is 9.97 Å². The van der Waals surface area contributed by atoms with E-state index in [4.69, 9.17) is 9.97 Å². The van der Waals surface area contributed by atoms with Crippen LogP contribution < -0.4 is 0 Å². The Morgan fingerprint density at radius 2 is 1.44 bits per heavy atom. The Hall–Kier alpha value is -2.71. The average Bonchev–Trinajstić information content (AvgIpc) is 2.78. The normalized spacial score (nSPS) is 14.0. The molecular weight excluding hydrogens is 585 g/mol. The quantitative estimate of drug-likeness (QED) is 0.226. The summed E-state index contributed by atoms with van der Waals surface area (Å²) in [4.78, 5) is 9.65. The number of nitrogens with zero attached hydrogens (tertiary/aromatic N) is 2. The van der Waals surface area contributed by atoms with Crippen LogP contribution in [0.2, 0.25) is 0 Å². The molecule has 0 fully saturated rings. The number of hydrogen-bond acceptors (Lipinski definition) is 2. The van der Waals surface area contributed by atoms with Gasteiger partial charge in [0.1, 0.15) is 0 Å². The van der Waals surface area contributed by atoms with Crippen molar-refractivity contribution in [2.45, 2.75) is 32.1 Å². The first-order valence-electron chi connectivity index (χ1n) is 10.3. The zero-order valence-electron chi connectivity index (χ0n) is 17.7. The average molecular weight is 606 g/mol. The summed E-state index contributed by atoms with van der Waals surface area (Å²) < 4.78 is 29.2. The molecule has 2 aromatic carbocycles. The summed E-state index contributed by atoms with van der Waals surface area (Å²) in [6.07, 6.45) is 0.947. The Morgan fingerprint density at radius 1 is 0.781 bits per heavy atom. The van der Waals surface area contributed by atoms with Gasteiger partial charge in [0.2, 0.25) is 0 Å². The largest absolute Gasteiger partial charge is 2.00 e. The summed E-state index contributed by atoms with van der Waals surface area (Å²) in [5.74, 6) is -1.26. The second-order valence-electron chi connectivity index (χ2n) is 8.35. The van der Waals surface area contributed by atoms with Gasteiger partial charge in [-0.1, -0.05) is 41.5 Å². The van der Waals surface area contributed by atoms with Crippen LogP contribution in [0.1, 0.15) is 36.4 Å². The van der Waals surface area contributed by atoms with Gasteiger partial charge in [0, 0.05) is 28.4 Å². The zero-order valence-corrected chi connectivity index (χ0v) is 19.9. The minimum atomic E-state index is -0.665. The molecule has 1 aliphatic heterocycles. The van der Waals surface area contributed by atoms with Crippen LogP contribution in [0.25, 0.3) is 22.5 Å². The second kappa shape index (κ2) is 8.67. The number of fused-ring (bicyclic) bond motifs is 10. The molecule has 0 spiro atoms. The van der Waals surface area contributed by atoms with E-state index in [0.29, 0.717) is 24.1 Å². The summed E-state index contributed by atoms with van der Waals surface area (Å²) in [5, 5.41) is 0. The molecule has 4 aromatic rings. The van der Waals surface area contributed by atoms with Gasteiger partial charge in [0.05, 0.1) is 0 Å². The van der Waals surface area contributed by atoms with Gasteiger partial charge in [-0.25, -0.2) is 0 Å². The maximum Gasteiger partial charge on any atom is 2.00 e. The Morgan fingerprint density at radius 3 is 2.19 bits per heavy atom. The van der Waals surface area contributed by atoms with Gasteiger partial charge in [0.15, 0.2) is 0 Å². The molecule has 2 aromatic heterocycles. The van der Waals surface area contributed by atoms with E-state index in [1.807, 2.05) is 62.4 Å². The van der Waals surface area contributed by atoms with Crippen molar-refractivity contribution in [1.82, 2.24) is 9.97 Å². The van der Waals surface area contributed by atoms with Crippen molar-refractivity contribution in [3.05, 3.63) is 107 Å². The molecule has 0 N–H and O–H groups in total. The van der Waals surface area contributed by atoms with Gasteiger partial charge in [-0.05, 0) is 50.2 Å². The molecule has 5 heteroatoms. The third kappa shape index (κ3) is 4.04. The van der Waals surface area contributed by atoms with E-state index in [2.05, 4.69) is 12.1 Å². The summed E-state index contributed by atoms with van der Waals surface area (Å²) in [6, 6.07) is 24.6. The molecule has 8 bridgehead atoms. The third-order valence-electron chi connectivity index (χ3n) is 5.87. The molecule has 0 atom stereocenters. The SMILES string of the molecule is CC1(C)c2cccc(n2)-c2[c-]c(ccc2)CCc2[c-]c(c(F)cc2F)-c2cccc1n2.[Pt+2]. The summed E-state index contributed by atoms with van der Waals surface area (Å²) >= 11 is 0. The van der Waals surface area contributed by atoms with Crippen molar-refractivity contribution in [2.24, 2.45) is 0 Å². The molecule has 162 valence electrons. The molecule has 0 saturated heterocycles.